The maximum absolute atomic E-state index is 12.7. The molecule has 5 heteroatoms. The second-order valence-electron chi connectivity index (χ2n) is 4.83. The van der Waals surface area contributed by atoms with Crippen molar-refractivity contribution < 1.29 is 13.7 Å². The second-order valence-corrected chi connectivity index (χ2v) is 6.21. The van der Waals surface area contributed by atoms with Gasteiger partial charge in [0.15, 0.2) is 0 Å². The fourth-order valence-corrected chi connectivity index (χ4v) is 3.98. The van der Waals surface area contributed by atoms with Crippen LogP contribution in [0.3, 0.4) is 0 Å². The van der Waals surface area contributed by atoms with E-state index >= 15 is 0 Å². The van der Waals surface area contributed by atoms with Gasteiger partial charge in [0.2, 0.25) is 0 Å². The van der Waals surface area contributed by atoms with Crippen LogP contribution >= 0.6 is 0 Å². The Morgan fingerprint density at radius 3 is 2.83 bits per heavy atom. The number of ether oxygens (including phenoxy) is 1. The van der Waals surface area contributed by atoms with E-state index in [1.807, 2.05) is 24.3 Å². The summed E-state index contributed by atoms with van der Waals surface area (Å²) in [6.07, 6.45) is 0. The van der Waals surface area contributed by atoms with Gasteiger partial charge in [0.25, 0.3) is 0 Å². The van der Waals surface area contributed by atoms with E-state index in [0.29, 0.717) is 21.9 Å². The highest BCUT2D eigenvalue weighted by Crippen LogP contribution is 2.40. The highest BCUT2D eigenvalue weighted by atomic mass is 32.2. The number of carbonyl (C=O) groups excluding carboxylic acids is 1. The van der Waals surface area contributed by atoms with Gasteiger partial charge in [0.1, 0.15) is 5.60 Å². The van der Waals surface area contributed by atoms with Crippen LogP contribution < -0.4 is 5.32 Å². The topological polar surface area (TPSA) is 55.4 Å². The molecule has 1 atom stereocenters. The number of carbonyl (C=O) groups is 1. The summed E-state index contributed by atoms with van der Waals surface area (Å²) >= 11 is 0. The molecule has 4 nitrogen and oxygen atoms in total. The molecule has 0 aliphatic carbocycles. The van der Waals surface area contributed by atoms with E-state index in [0.717, 1.165) is 5.69 Å². The maximum atomic E-state index is 12.7. The first-order chi connectivity index (χ1) is 8.50. The van der Waals surface area contributed by atoms with Crippen LogP contribution in [0, 0.1) is 0 Å². The summed E-state index contributed by atoms with van der Waals surface area (Å²) in [5, 5.41) is 3.14. The summed E-state index contributed by atoms with van der Waals surface area (Å²) in [5.74, 6) is -0.372. The van der Waals surface area contributed by atoms with E-state index in [1.54, 1.807) is 13.8 Å². The molecule has 0 bridgehead atoms. The number of benzene rings is 1. The monoisotopic (exact) mass is 263 g/mol. The average Bonchev–Trinajstić information content (AvgIpc) is 2.46. The van der Waals surface area contributed by atoms with Crippen molar-refractivity contribution in [2.75, 3.05) is 11.9 Å². The fraction of sp³-hybridized carbons (Fsp3) is 0.308. The van der Waals surface area contributed by atoms with Crippen molar-refractivity contribution in [1.29, 1.82) is 0 Å². The first-order valence-corrected chi connectivity index (χ1v) is 6.87. The summed E-state index contributed by atoms with van der Waals surface area (Å²) in [7, 11) is -1.36. The number of fused-ring (bicyclic) bond motifs is 1. The molecule has 1 aromatic carbocycles. The predicted octanol–water partition coefficient (Wildman–Crippen LogP) is 1.81. The Kier molecular flexibility index (Phi) is 2.35. The van der Waals surface area contributed by atoms with Gasteiger partial charge in [-0.2, -0.15) is 0 Å². The van der Waals surface area contributed by atoms with Crippen molar-refractivity contribution in [3.8, 4) is 0 Å². The highest BCUT2D eigenvalue weighted by Gasteiger charge is 2.45. The normalized spacial score (nSPS) is 24.8. The lowest BCUT2D eigenvalue weighted by atomic mass is 10.1. The summed E-state index contributed by atoms with van der Waals surface area (Å²) in [6, 6.07) is 7.40. The maximum Gasteiger partial charge on any atom is 0.337 e. The zero-order valence-corrected chi connectivity index (χ0v) is 11.0. The van der Waals surface area contributed by atoms with Gasteiger partial charge in [-0.1, -0.05) is 12.1 Å². The Hall–Kier alpha value is -1.62. The number of hydrogen-bond acceptors (Lipinski definition) is 4. The van der Waals surface area contributed by atoms with Crippen LogP contribution in [0.2, 0.25) is 0 Å². The van der Waals surface area contributed by atoms with Crippen molar-refractivity contribution >= 4 is 22.5 Å². The van der Waals surface area contributed by atoms with Crippen LogP contribution in [0.1, 0.15) is 13.8 Å². The van der Waals surface area contributed by atoms with Crippen LogP contribution in [-0.4, -0.2) is 22.3 Å². The van der Waals surface area contributed by atoms with Crippen molar-refractivity contribution in [3.05, 3.63) is 34.7 Å². The standard InChI is InChI=1S/C13H13NO3S/c1-13(2)11-8(12(15)17-13)7-14-9-5-3-4-6-10(9)18(11)16/h3-6,14H,7H2,1-2H3. The van der Waals surface area contributed by atoms with E-state index < -0.39 is 16.4 Å². The number of anilines is 1. The molecule has 94 valence electrons. The molecule has 18 heavy (non-hydrogen) atoms. The first kappa shape index (κ1) is 11.5. The van der Waals surface area contributed by atoms with E-state index in [4.69, 9.17) is 4.74 Å². The van der Waals surface area contributed by atoms with Gasteiger partial charge in [-0.15, -0.1) is 0 Å². The lowest BCUT2D eigenvalue weighted by molar-refractivity contribution is -0.144. The minimum Gasteiger partial charge on any atom is -0.451 e. The fourth-order valence-electron chi connectivity index (χ4n) is 2.35. The largest absolute Gasteiger partial charge is 0.451 e. The Morgan fingerprint density at radius 1 is 1.33 bits per heavy atom. The molecule has 2 aliphatic rings. The Bertz CT molecular complexity index is 604. The Balaban J connectivity index is 2.20. The molecule has 1 unspecified atom stereocenters. The van der Waals surface area contributed by atoms with Gasteiger partial charge in [0, 0.05) is 6.54 Å². The van der Waals surface area contributed by atoms with Crippen LogP contribution in [0.25, 0.3) is 0 Å². The zero-order valence-electron chi connectivity index (χ0n) is 10.1. The Labute approximate surface area is 107 Å². The quantitative estimate of drug-likeness (QED) is 0.725. The first-order valence-electron chi connectivity index (χ1n) is 5.72. The number of cyclic esters (lactones) is 1. The molecule has 0 fully saturated rings. The molecule has 1 aromatic rings. The predicted molar refractivity (Wildman–Crippen MR) is 68.5 cm³/mol. The number of para-hydroxylation sites is 1. The minimum atomic E-state index is -1.36. The van der Waals surface area contributed by atoms with Crippen molar-refractivity contribution in [3.63, 3.8) is 0 Å². The number of esters is 1. The van der Waals surface area contributed by atoms with Crippen molar-refractivity contribution in [2.24, 2.45) is 0 Å². The number of hydrogen-bond donors (Lipinski definition) is 1. The van der Waals surface area contributed by atoms with Gasteiger partial charge >= 0.3 is 5.97 Å². The van der Waals surface area contributed by atoms with Crippen LogP contribution in [-0.2, 0) is 20.3 Å². The second kappa shape index (κ2) is 3.68. The van der Waals surface area contributed by atoms with Gasteiger partial charge in [-0.25, -0.2) is 9.00 Å². The molecule has 0 spiro atoms. The van der Waals surface area contributed by atoms with E-state index in [-0.39, 0.29) is 5.97 Å². The van der Waals surface area contributed by atoms with Gasteiger partial charge in [-0.3, -0.25) is 0 Å². The van der Waals surface area contributed by atoms with E-state index in [2.05, 4.69) is 5.32 Å². The lowest BCUT2D eigenvalue weighted by Crippen LogP contribution is -2.25. The smallest absolute Gasteiger partial charge is 0.337 e. The summed E-state index contributed by atoms with van der Waals surface area (Å²) in [5.41, 5.74) is 0.513. The third-order valence-corrected chi connectivity index (χ3v) is 5.01. The molecule has 0 saturated carbocycles. The molecule has 3 rings (SSSR count). The molecule has 2 heterocycles. The summed E-state index contributed by atoms with van der Waals surface area (Å²) < 4.78 is 18.0. The molecular weight excluding hydrogens is 250 g/mol. The van der Waals surface area contributed by atoms with Crippen LogP contribution in [0.15, 0.2) is 39.6 Å². The van der Waals surface area contributed by atoms with Crippen LogP contribution in [0.4, 0.5) is 5.69 Å². The molecular formula is C13H13NO3S. The number of rotatable bonds is 0. The minimum absolute atomic E-state index is 0.361. The summed E-state index contributed by atoms with van der Waals surface area (Å²) in [6.45, 7) is 3.92. The third-order valence-electron chi connectivity index (χ3n) is 3.14. The van der Waals surface area contributed by atoms with Gasteiger partial charge in [-0.05, 0) is 26.0 Å². The third kappa shape index (κ3) is 1.50. The van der Waals surface area contributed by atoms with Gasteiger partial charge < -0.3 is 10.1 Å². The lowest BCUT2D eigenvalue weighted by Gasteiger charge is -2.20. The zero-order chi connectivity index (χ0) is 12.9. The van der Waals surface area contributed by atoms with E-state index in [1.165, 1.54) is 0 Å². The van der Waals surface area contributed by atoms with Crippen LogP contribution in [0.5, 0.6) is 0 Å². The molecule has 2 aliphatic heterocycles. The van der Waals surface area contributed by atoms with Gasteiger partial charge in [0.05, 0.1) is 31.9 Å². The Morgan fingerprint density at radius 2 is 2.06 bits per heavy atom. The van der Waals surface area contributed by atoms with Crippen molar-refractivity contribution in [1.82, 2.24) is 0 Å². The molecule has 0 radical (unpaired) electrons. The summed E-state index contributed by atoms with van der Waals surface area (Å²) in [4.78, 5) is 13.1. The SMILES string of the molecule is CC1(C)OC(=O)C2=C1S(=O)c1ccccc1NC2. The molecule has 0 saturated heterocycles. The van der Waals surface area contributed by atoms with E-state index in [9.17, 15) is 9.00 Å². The number of nitrogens with one attached hydrogen (secondary N) is 1. The average molecular weight is 263 g/mol. The highest BCUT2D eigenvalue weighted by molar-refractivity contribution is 7.89. The molecule has 0 aromatic heterocycles. The molecule has 0 amide bonds. The van der Waals surface area contributed by atoms with Crippen molar-refractivity contribution in [2.45, 2.75) is 24.3 Å². The molecule has 1 N–H and O–H groups in total.